The van der Waals surface area contributed by atoms with Crippen LogP contribution in [0.2, 0.25) is 0 Å². The Labute approximate surface area is 144 Å². The molecule has 116 valence electrons. The first-order valence-corrected chi connectivity index (χ1v) is 8.88. The molecule has 3 heteroatoms. The van der Waals surface area contributed by atoms with Crippen molar-refractivity contribution in [1.29, 1.82) is 0 Å². The second kappa shape index (κ2) is 5.18. The molecule has 0 N–H and O–H groups in total. The average molecular weight is 329 g/mol. The summed E-state index contributed by atoms with van der Waals surface area (Å²) in [5.41, 5.74) is 3.36. The maximum absolute atomic E-state index is 6.19. The number of aromatic nitrogens is 1. The van der Waals surface area contributed by atoms with E-state index in [1.807, 2.05) is 6.07 Å². The Kier molecular flexibility index (Phi) is 2.97. The number of thiazole rings is 1. The Morgan fingerprint density at radius 3 is 2.58 bits per heavy atom. The first kappa shape index (κ1) is 13.8. The van der Waals surface area contributed by atoms with Gasteiger partial charge in [0, 0.05) is 5.56 Å². The summed E-state index contributed by atoms with van der Waals surface area (Å²) in [6.07, 6.45) is 0.0311. The van der Waals surface area contributed by atoms with E-state index in [1.165, 1.54) is 15.6 Å². The highest BCUT2D eigenvalue weighted by atomic mass is 32.1. The van der Waals surface area contributed by atoms with Gasteiger partial charge in [-0.15, -0.1) is 11.3 Å². The molecule has 2 nitrogen and oxygen atoms in total. The normalized spacial score (nSPS) is 15.6. The highest BCUT2D eigenvalue weighted by Gasteiger charge is 2.29. The van der Waals surface area contributed by atoms with Crippen molar-refractivity contribution in [2.75, 3.05) is 0 Å². The Balaban J connectivity index is 1.80. The van der Waals surface area contributed by atoms with Gasteiger partial charge in [-0.3, -0.25) is 0 Å². The SMILES string of the molecule is CC1Oc2ccc3ccccc3c2-c2nc(-c3ccccc3)sc21. The molecule has 1 atom stereocenters. The van der Waals surface area contributed by atoms with Crippen molar-refractivity contribution in [2.24, 2.45) is 0 Å². The Morgan fingerprint density at radius 2 is 1.71 bits per heavy atom. The molecule has 0 spiro atoms. The largest absolute Gasteiger partial charge is 0.484 e. The Hall–Kier alpha value is -2.65. The van der Waals surface area contributed by atoms with Crippen LogP contribution >= 0.6 is 11.3 Å². The fraction of sp³-hybridized carbons (Fsp3) is 0.0952. The van der Waals surface area contributed by atoms with Crippen LogP contribution in [0.25, 0.3) is 32.6 Å². The second-order valence-corrected chi connectivity index (χ2v) is 7.05. The molecule has 0 saturated heterocycles. The Bertz CT molecular complexity index is 1050. The first-order chi connectivity index (χ1) is 11.8. The summed E-state index contributed by atoms with van der Waals surface area (Å²) in [6.45, 7) is 2.10. The number of fused-ring (bicyclic) bond motifs is 5. The molecule has 0 bridgehead atoms. The van der Waals surface area contributed by atoms with Crippen LogP contribution in [-0.4, -0.2) is 4.98 Å². The van der Waals surface area contributed by atoms with Crippen molar-refractivity contribution in [2.45, 2.75) is 13.0 Å². The van der Waals surface area contributed by atoms with Crippen LogP contribution in [0.3, 0.4) is 0 Å². The van der Waals surface area contributed by atoms with Gasteiger partial charge in [-0.25, -0.2) is 4.98 Å². The van der Waals surface area contributed by atoms with E-state index >= 15 is 0 Å². The quantitative estimate of drug-likeness (QED) is 0.422. The molecule has 3 aromatic carbocycles. The zero-order valence-electron chi connectivity index (χ0n) is 13.2. The molecule has 0 amide bonds. The molecule has 1 aromatic heterocycles. The summed E-state index contributed by atoms with van der Waals surface area (Å²) in [5.74, 6) is 0.929. The van der Waals surface area contributed by atoms with Crippen LogP contribution in [0.4, 0.5) is 0 Å². The summed E-state index contributed by atoms with van der Waals surface area (Å²) in [7, 11) is 0. The Morgan fingerprint density at radius 1 is 0.917 bits per heavy atom. The minimum Gasteiger partial charge on any atom is -0.484 e. The van der Waals surface area contributed by atoms with Gasteiger partial charge < -0.3 is 4.74 Å². The van der Waals surface area contributed by atoms with E-state index in [0.717, 1.165) is 27.6 Å². The van der Waals surface area contributed by atoms with E-state index in [1.54, 1.807) is 11.3 Å². The zero-order valence-corrected chi connectivity index (χ0v) is 14.0. The lowest BCUT2D eigenvalue weighted by Crippen LogP contribution is -2.09. The van der Waals surface area contributed by atoms with Crippen LogP contribution in [-0.2, 0) is 0 Å². The fourth-order valence-corrected chi connectivity index (χ4v) is 4.39. The lowest BCUT2D eigenvalue weighted by Gasteiger charge is -2.23. The van der Waals surface area contributed by atoms with Crippen LogP contribution in [0.15, 0.2) is 66.7 Å². The summed E-state index contributed by atoms with van der Waals surface area (Å²) >= 11 is 1.73. The number of benzene rings is 3. The molecular formula is C21H15NOS. The second-order valence-electron chi connectivity index (χ2n) is 6.02. The monoisotopic (exact) mass is 329 g/mol. The number of hydrogen-bond donors (Lipinski definition) is 0. The molecule has 24 heavy (non-hydrogen) atoms. The van der Waals surface area contributed by atoms with Gasteiger partial charge in [0.15, 0.2) is 0 Å². The van der Waals surface area contributed by atoms with E-state index in [2.05, 4.69) is 67.6 Å². The summed E-state index contributed by atoms with van der Waals surface area (Å²) < 4.78 is 6.19. The van der Waals surface area contributed by atoms with Crippen LogP contribution in [0, 0.1) is 0 Å². The molecule has 1 aliphatic heterocycles. The fourth-order valence-electron chi connectivity index (χ4n) is 3.33. The van der Waals surface area contributed by atoms with Gasteiger partial charge in [-0.05, 0) is 23.8 Å². The molecule has 2 heterocycles. The number of nitrogens with zero attached hydrogens (tertiary/aromatic N) is 1. The van der Waals surface area contributed by atoms with Gasteiger partial charge in [-0.2, -0.15) is 0 Å². The highest BCUT2D eigenvalue weighted by molar-refractivity contribution is 7.15. The van der Waals surface area contributed by atoms with E-state index in [4.69, 9.17) is 9.72 Å². The molecule has 1 aliphatic rings. The third-order valence-corrected chi connectivity index (χ3v) is 5.74. The minimum absolute atomic E-state index is 0.0311. The molecule has 0 saturated carbocycles. The van der Waals surface area contributed by atoms with Crippen molar-refractivity contribution < 1.29 is 4.74 Å². The van der Waals surface area contributed by atoms with Crippen molar-refractivity contribution >= 4 is 22.1 Å². The minimum atomic E-state index is 0.0311. The molecule has 1 unspecified atom stereocenters. The summed E-state index contributed by atoms with van der Waals surface area (Å²) in [5, 5.41) is 3.47. The smallest absolute Gasteiger partial charge is 0.132 e. The summed E-state index contributed by atoms with van der Waals surface area (Å²) in [6, 6.07) is 23.0. The number of hydrogen-bond acceptors (Lipinski definition) is 3. The van der Waals surface area contributed by atoms with Gasteiger partial charge >= 0.3 is 0 Å². The maximum Gasteiger partial charge on any atom is 0.132 e. The van der Waals surface area contributed by atoms with Gasteiger partial charge in [0.2, 0.25) is 0 Å². The van der Waals surface area contributed by atoms with E-state index < -0.39 is 0 Å². The molecule has 0 aliphatic carbocycles. The van der Waals surface area contributed by atoms with Crippen molar-refractivity contribution in [3.05, 3.63) is 71.6 Å². The highest BCUT2D eigenvalue weighted by Crippen LogP contribution is 2.48. The number of ether oxygens (including phenoxy) is 1. The van der Waals surface area contributed by atoms with Crippen LogP contribution < -0.4 is 4.74 Å². The van der Waals surface area contributed by atoms with Gasteiger partial charge in [-0.1, -0.05) is 60.7 Å². The number of rotatable bonds is 1. The van der Waals surface area contributed by atoms with Crippen molar-refractivity contribution in [3.8, 4) is 27.6 Å². The summed E-state index contributed by atoms with van der Waals surface area (Å²) in [4.78, 5) is 6.21. The van der Waals surface area contributed by atoms with Crippen molar-refractivity contribution in [3.63, 3.8) is 0 Å². The van der Waals surface area contributed by atoms with E-state index in [-0.39, 0.29) is 6.10 Å². The molecule has 0 fully saturated rings. The molecule has 4 aromatic rings. The predicted octanol–water partition coefficient (Wildman–Crippen LogP) is 6.08. The van der Waals surface area contributed by atoms with Gasteiger partial charge in [0.1, 0.15) is 16.9 Å². The van der Waals surface area contributed by atoms with E-state index in [9.17, 15) is 0 Å². The zero-order chi connectivity index (χ0) is 16.1. The van der Waals surface area contributed by atoms with Crippen LogP contribution in [0.1, 0.15) is 17.9 Å². The van der Waals surface area contributed by atoms with Gasteiger partial charge in [0.25, 0.3) is 0 Å². The lowest BCUT2D eigenvalue weighted by atomic mass is 9.97. The molecular weight excluding hydrogens is 314 g/mol. The lowest BCUT2D eigenvalue weighted by molar-refractivity contribution is 0.227. The molecule has 5 rings (SSSR count). The molecule has 0 radical (unpaired) electrons. The first-order valence-electron chi connectivity index (χ1n) is 8.06. The third kappa shape index (κ3) is 1.98. The third-order valence-electron chi connectivity index (χ3n) is 4.47. The topological polar surface area (TPSA) is 22.1 Å². The van der Waals surface area contributed by atoms with Crippen molar-refractivity contribution in [1.82, 2.24) is 4.98 Å². The predicted molar refractivity (Wildman–Crippen MR) is 99.5 cm³/mol. The van der Waals surface area contributed by atoms with E-state index in [0.29, 0.717) is 0 Å². The maximum atomic E-state index is 6.19. The average Bonchev–Trinajstić information content (AvgIpc) is 3.08. The standard InChI is InChI=1S/C21H15NOS/c1-13-20-19(22-21(24-20)15-8-3-2-4-9-15)18-16-10-6-5-7-14(16)11-12-17(18)23-13/h2-13H,1H3. The van der Waals surface area contributed by atoms with Gasteiger partial charge in [0.05, 0.1) is 16.1 Å². The van der Waals surface area contributed by atoms with Crippen LogP contribution in [0.5, 0.6) is 5.75 Å².